The predicted molar refractivity (Wildman–Crippen MR) is 128 cm³/mol. The van der Waals surface area contributed by atoms with Gasteiger partial charge < -0.3 is 19.9 Å². The number of aromatic nitrogens is 3. The van der Waals surface area contributed by atoms with E-state index in [0.29, 0.717) is 11.6 Å². The lowest BCUT2D eigenvalue weighted by molar-refractivity contribution is 0.162. The molecule has 8 heteroatoms. The van der Waals surface area contributed by atoms with E-state index in [4.69, 9.17) is 4.74 Å². The Morgan fingerprint density at radius 1 is 1.19 bits per heavy atom. The van der Waals surface area contributed by atoms with E-state index in [1.807, 2.05) is 31.2 Å². The van der Waals surface area contributed by atoms with Gasteiger partial charge in [-0.3, -0.25) is 9.97 Å². The fraction of sp³-hybridized carbons (Fsp3) is 0.125. The summed E-state index contributed by atoms with van der Waals surface area (Å²) in [6.07, 6.45) is 4.76. The third-order valence-electron chi connectivity index (χ3n) is 5.07. The molecular weight excluding hydrogens is 422 g/mol. The molecule has 0 atom stereocenters. The molecule has 1 amide bonds. The van der Waals surface area contributed by atoms with Crippen LogP contribution in [-0.4, -0.2) is 33.0 Å². The summed E-state index contributed by atoms with van der Waals surface area (Å²) in [4.78, 5) is 25.9. The molecular formula is C24H21N5O2S. The van der Waals surface area contributed by atoms with Gasteiger partial charge in [-0.25, -0.2) is 4.79 Å². The number of aryl methyl sites for hydroxylation is 1. The molecule has 0 saturated heterocycles. The van der Waals surface area contributed by atoms with Gasteiger partial charge in [0.25, 0.3) is 0 Å². The Kier molecular flexibility index (Phi) is 5.20. The Bertz CT molecular complexity index is 1410. The number of thiophene rings is 1. The maximum absolute atomic E-state index is 12.5. The van der Waals surface area contributed by atoms with Gasteiger partial charge in [0.15, 0.2) is 5.06 Å². The van der Waals surface area contributed by atoms with E-state index in [2.05, 4.69) is 38.5 Å². The number of rotatable bonds is 5. The van der Waals surface area contributed by atoms with Gasteiger partial charge in [0.2, 0.25) is 0 Å². The van der Waals surface area contributed by atoms with Crippen LogP contribution >= 0.6 is 11.3 Å². The molecule has 0 radical (unpaired) electrons. The molecule has 0 aliphatic heterocycles. The van der Waals surface area contributed by atoms with Gasteiger partial charge >= 0.3 is 6.09 Å². The minimum absolute atomic E-state index is 0.420. The fourth-order valence-corrected chi connectivity index (χ4v) is 4.50. The predicted octanol–water partition coefficient (Wildman–Crippen LogP) is 5.86. The minimum atomic E-state index is -0.428. The highest BCUT2D eigenvalue weighted by Gasteiger charge is 2.16. The molecule has 0 unspecified atom stereocenters. The number of fused-ring (bicyclic) bond motifs is 2. The average molecular weight is 444 g/mol. The van der Waals surface area contributed by atoms with Crippen LogP contribution in [0.25, 0.3) is 21.1 Å². The van der Waals surface area contributed by atoms with E-state index in [0.717, 1.165) is 43.8 Å². The van der Waals surface area contributed by atoms with Gasteiger partial charge in [-0.15, -0.1) is 0 Å². The second-order valence-corrected chi connectivity index (χ2v) is 8.62. The Labute approximate surface area is 188 Å². The second-order valence-electron chi connectivity index (χ2n) is 7.60. The second kappa shape index (κ2) is 8.32. The van der Waals surface area contributed by atoms with Crippen molar-refractivity contribution in [3.63, 3.8) is 0 Å². The number of aromatic amines is 1. The summed E-state index contributed by atoms with van der Waals surface area (Å²) in [5.41, 5.74) is 5.84. The summed E-state index contributed by atoms with van der Waals surface area (Å²) in [6.45, 7) is 2.46. The summed E-state index contributed by atoms with van der Waals surface area (Å²) in [5.74, 6) is 0. The van der Waals surface area contributed by atoms with Crippen LogP contribution in [0.2, 0.25) is 0 Å². The first-order valence-electron chi connectivity index (χ1n) is 10.1. The third-order valence-corrected chi connectivity index (χ3v) is 6.10. The van der Waals surface area contributed by atoms with Crippen molar-refractivity contribution in [3.05, 3.63) is 78.4 Å². The molecule has 160 valence electrons. The van der Waals surface area contributed by atoms with Gasteiger partial charge in [0.1, 0.15) is 0 Å². The number of H-pyrrole nitrogens is 1. The summed E-state index contributed by atoms with van der Waals surface area (Å²) in [7, 11) is 1.70. The zero-order chi connectivity index (χ0) is 22.1. The standard InChI is InChI=1S/C24H21N5O2S/c1-15-10-17-11-18(5-6-19(17)27-15)28-20-7-9-26-21-12-22(32-23(20)21)31-24(30)29(2)14-16-4-3-8-25-13-16/h3-13,27H,14H2,1-2H3,(H,26,28). The molecule has 7 nitrogen and oxygen atoms in total. The maximum Gasteiger partial charge on any atom is 0.416 e. The van der Waals surface area contributed by atoms with Crippen LogP contribution < -0.4 is 10.1 Å². The molecule has 5 aromatic rings. The van der Waals surface area contributed by atoms with E-state index >= 15 is 0 Å². The molecule has 32 heavy (non-hydrogen) atoms. The number of nitrogens with one attached hydrogen (secondary N) is 2. The highest BCUT2D eigenvalue weighted by atomic mass is 32.1. The topological polar surface area (TPSA) is 83.1 Å². The number of benzene rings is 1. The monoisotopic (exact) mass is 443 g/mol. The number of ether oxygens (including phenoxy) is 1. The Morgan fingerprint density at radius 3 is 2.94 bits per heavy atom. The number of hydrogen-bond acceptors (Lipinski definition) is 6. The van der Waals surface area contributed by atoms with Gasteiger partial charge in [-0.2, -0.15) is 0 Å². The van der Waals surface area contributed by atoms with Gasteiger partial charge in [0, 0.05) is 54.0 Å². The average Bonchev–Trinajstić information content (AvgIpc) is 3.36. The Hall–Kier alpha value is -3.91. The first-order chi connectivity index (χ1) is 15.5. The van der Waals surface area contributed by atoms with E-state index in [9.17, 15) is 4.79 Å². The van der Waals surface area contributed by atoms with Crippen molar-refractivity contribution in [2.24, 2.45) is 0 Å². The van der Waals surface area contributed by atoms with Crippen molar-refractivity contribution in [1.82, 2.24) is 19.9 Å². The summed E-state index contributed by atoms with van der Waals surface area (Å²) in [6, 6.07) is 15.8. The Morgan fingerprint density at radius 2 is 2.09 bits per heavy atom. The number of anilines is 2. The van der Waals surface area contributed by atoms with Crippen LogP contribution in [0.3, 0.4) is 0 Å². The van der Waals surface area contributed by atoms with Crippen LogP contribution in [0.4, 0.5) is 16.2 Å². The van der Waals surface area contributed by atoms with E-state index in [1.54, 1.807) is 31.7 Å². The molecule has 2 N–H and O–H groups in total. The maximum atomic E-state index is 12.5. The lowest BCUT2D eigenvalue weighted by atomic mass is 10.2. The minimum Gasteiger partial charge on any atom is -0.399 e. The number of carbonyl (C=O) groups is 1. The molecule has 0 fully saturated rings. The molecule has 0 aliphatic rings. The van der Waals surface area contributed by atoms with Crippen LogP contribution in [0.5, 0.6) is 5.06 Å². The molecule has 4 aromatic heterocycles. The highest BCUT2D eigenvalue weighted by Crippen LogP contribution is 2.37. The van der Waals surface area contributed by atoms with E-state index in [1.165, 1.54) is 16.2 Å². The van der Waals surface area contributed by atoms with Crippen molar-refractivity contribution >= 4 is 49.9 Å². The third kappa shape index (κ3) is 4.13. The van der Waals surface area contributed by atoms with Crippen molar-refractivity contribution in [2.45, 2.75) is 13.5 Å². The molecule has 0 saturated carbocycles. The van der Waals surface area contributed by atoms with Gasteiger partial charge in [-0.1, -0.05) is 17.4 Å². The molecule has 5 rings (SSSR count). The number of nitrogens with zero attached hydrogens (tertiary/aromatic N) is 3. The normalized spacial score (nSPS) is 11.1. The molecule has 4 heterocycles. The van der Waals surface area contributed by atoms with Crippen molar-refractivity contribution in [2.75, 3.05) is 12.4 Å². The lowest BCUT2D eigenvalue weighted by Crippen LogP contribution is -2.28. The molecule has 0 bridgehead atoms. The van der Waals surface area contributed by atoms with Gasteiger partial charge in [0.05, 0.1) is 22.4 Å². The summed E-state index contributed by atoms with van der Waals surface area (Å²) < 4.78 is 6.54. The van der Waals surface area contributed by atoms with Crippen molar-refractivity contribution in [3.8, 4) is 5.06 Å². The molecule has 1 aromatic carbocycles. The van der Waals surface area contributed by atoms with Crippen molar-refractivity contribution < 1.29 is 9.53 Å². The number of amides is 1. The summed E-state index contributed by atoms with van der Waals surface area (Å²) in [5, 5.41) is 5.12. The largest absolute Gasteiger partial charge is 0.416 e. The van der Waals surface area contributed by atoms with E-state index in [-0.39, 0.29) is 0 Å². The number of carbonyl (C=O) groups excluding carboxylic acids is 1. The SMILES string of the molecule is Cc1cc2cc(Nc3ccnc4cc(OC(=O)N(C)Cc5cccnc5)sc34)ccc2[nH]1. The van der Waals surface area contributed by atoms with Crippen LogP contribution in [0.15, 0.2) is 67.1 Å². The van der Waals surface area contributed by atoms with Crippen LogP contribution in [0, 0.1) is 6.92 Å². The number of pyridine rings is 2. The van der Waals surface area contributed by atoms with E-state index < -0.39 is 6.09 Å². The quantitative estimate of drug-likeness (QED) is 0.356. The smallest absolute Gasteiger partial charge is 0.399 e. The van der Waals surface area contributed by atoms with Crippen molar-refractivity contribution in [1.29, 1.82) is 0 Å². The highest BCUT2D eigenvalue weighted by molar-refractivity contribution is 7.21. The van der Waals surface area contributed by atoms with Crippen LogP contribution in [-0.2, 0) is 6.54 Å². The molecule has 0 spiro atoms. The fourth-order valence-electron chi connectivity index (χ4n) is 3.57. The Balaban J connectivity index is 1.34. The van der Waals surface area contributed by atoms with Gasteiger partial charge in [-0.05, 0) is 48.9 Å². The summed E-state index contributed by atoms with van der Waals surface area (Å²) >= 11 is 1.39. The zero-order valence-electron chi connectivity index (χ0n) is 17.6. The zero-order valence-corrected chi connectivity index (χ0v) is 18.4. The number of hydrogen-bond donors (Lipinski definition) is 2. The first-order valence-corrected chi connectivity index (χ1v) is 10.9. The lowest BCUT2D eigenvalue weighted by Gasteiger charge is -2.15. The first kappa shape index (κ1) is 20.0. The molecule has 0 aliphatic carbocycles. The van der Waals surface area contributed by atoms with Crippen LogP contribution in [0.1, 0.15) is 11.3 Å².